The fourth-order valence-corrected chi connectivity index (χ4v) is 6.75. The van der Waals surface area contributed by atoms with Crippen LogP contribution in [-0.2, 0) is 11.3 Å². The van der Waals surface area contributed by atoms with E-state index in [0.29, 0.717) is 17.9 Å². The van der Waals surface area contributed by atoms with Crippen LogP contribution in [0.25, 0.3) is 21.1 Å². The number of thiazole rings is 1. The van der Waals surface area contributed by atoms with Crippen LogP contribution in [0, 0.1) is 6.92 Å². The number of anilines is 1. The minimum absolute atomic E-state index is 0.0846. The van der Waals surface area contributed by atoms with Gasteiger partial charge in [0, 0.05) is 43.9 Å². The summed E-state index contributed by atoms with van der Waals surface area (Å²) in [5, 5.41) is 14.9. The third-order valence-electron chi connectivity index (χ3n) is 7.76. The number of benzene rings is 2. The molecule has 7 rings (SSSR count). The quantitative estimate of drug-likeness (QED) is 0.348. The second-order valence-electron chi connectivity index (χ2n) is 10.4. The number of nitrogens with zero attached hydrogens (tertiary/aromatic N) is 7. The zero-order valence-electron chi connectivity index (χ0n) is 21.8. The summed E-state index contributed by atoms with van der Waals surface area (Å²) in [7, 11) is 0. The first kappa shape index (κ1) is 24.4. The van der Waals surface area contributed by atoms with E-state index in [-0.39, 0.29) is 17.7 Å². The Morgan fingerprint density at radius 2 is 2.00 bits per heavy atom. The fraction of sp³-hybridized carbons (Fsp3) is 0.393. The van der Waals surface area contributed by atoms with Gasteiger partial charge in [-0.3, -0.25) is 9.69 Å². The highest BCUT2D eigenvalue weighted by atomic mass is 32.1. The number of ether oxygens (including phenoxy) is 1. The molecule has 2 aromatic carbocycles. The van der Waals surface area contributed by atoms with Crippen molar-refractivity contribution in [3.63, 3.8) is 0 Å². The Morgan fingerprint density at radius 3 is 2.82 bits per heavy atom. The number of tetrazole rings is 1. The molecule has 2 aliphatic rings. The molecular formula is C28H30N8O2S. The summed E-state index contributed by atoms with van der Waals surface area (Å²) in [4.78, 5) is 26.2. The number of H-pyrrole nitrogens is 1. The van der Waals surface area contributed by atoms with Crippen LogP contribution in [0.2, 0.25) is 0 Å². The maximum atomic E-state index is 13.5. The number of aromatic amines is 1. The van der Waals surface area contributed by atoms with Crippen LogP contribution in [-0.4, -0.2) is 74.0 Å². The summed E-state index contributed by atoms with van der Waals surface area (Å²) in [6.07, 6.45) is 2.12. The van der Waals surface area contributed by atoms with Crippen molar-refractivity contribution in [2.75, 3.05) is 37.7 Å². The molecule has 0 unspecified atom stereocenters. The summed E-state index contributed by atoms with van der Waals surface area (Å²) in [5.74, 6) is 0.677. The molecule has 2 fully saturated rings. The molecular weight excluding hydrogens is 512 g/mol. The van der Waals surface area contributed by atoms with Crippen molar-refractivity contribution >= 4 is 37.6 Å². The van der Waals surface area contributed by atoms with E-state index in [1.807, 2.05) is 28.9 Å². The van der Waals surface area contributed by atoms with Gasteiger partial charge in [-0.2, -0.15) is 0 Å². The molecule has 200 valence electrons. The number of nitrogens with one attached hydrogen (secondary N) is 1. The van der Waals surface area contributed by atoms with E-state index in [1.165, 1.54) is 4.70 Å². The van der Waals surface area contributed by atoms with E-state index in [0.717, 1.165) is 72.7 Å². The number of aryl methyl sites for hydroxylation is 1. The van der Waals surface area contributed by atoms with Crippen LogP contribution in [0.5, 0.6) is 0 Å². The zero-order chi connectivity index (χ0) is 26.3. The summed E-state index contributed by atoms with van der Waals surface area (Å²) in [5.41, 5.74) is 3.54. The van der Waals surface area contributed by atoms with Gasteiger partial charge in [-0.1, -0.05) is 35.1 Å². The highest BCUT2D eigenvalue weighted by molar-refractivity contribution is 7.22. The largest absolute Gasteiger partial charge is 0.376 e. The molecule has 1 N–H and O–H groups in total. The van der Waals surface area contributed by atoms with Gasteiger partial charge in [-0.15, -0.1) is 5.10 Å². The van der Waals surface area contributed by atoms with Gasteiger partial charge < -0.3 is 14.6 Å². The second kappa shape index (κ2) is 10.1. The van der Waals surface area contributed by atoms with E-state index < -0.39 is 0 Å². The predicted octanol–water partition coefficient (Wildman–Crippen LogP) is 3.52. The summed E-state index contributed by atoms with van der Waals surface area (Å²) < 4.78 is 8.91. The Hall–Kier alpha value is -3.67. The zero-order valence-corrected chi connectivity index (χ0v) is 22.6. The molecule has 2 aliphatic heterocycles. The topological polar surface area (TPSA) is 105 Å². The Labute approximate surface area is 229 Å². The average Bonchev–Trinajstić information content (AvgIpc) is 3.72. The third kappa shape index (κ3) is 4.70. The highest BCUT2D eigenvalue weighted by Gasteiger charge is 2.34. The molecule has 2 saturated heterocycles. The molecule has 0 saturated carbocycles. The molecule has 11 heteroatoms. The van der Waals surface area contributed by atoms with Gasteiger partial charge in [0.05, 0.1) is 22.9 Å². The number of hydrogen-bond donors (Lipinski definition) is 1. The molecule has 5 heterocycles. The van der Waals surface area contributed by atoms with Gasteiger partial charge in [0.2, 0.25) is 0 Å². The first-order valence-electron chi connectivity index (χ1n) is 13.5. The molecule has 0 spiro atoms. The van der Waals surface area contributed by atoms with Gasteiger partial charge in [0.1, 0.15) is 6.04 Å². The molecule has 2 atom stereocenters. The Kier molecular flexibility index (Phi) is 6.34. The van der Waals surface area contributed by atoms with Crippen molar-refractivity contribution in [1.29, 1.82) is 0 Å². The average molecular weight is 543 g/mol. The molecule has 0 aliphatic carbocycles. The van der Waals surface area contributed by atoms with Crippen molar-refractivity contribution in [3.8, 4) is 0 Å². The maximum absolute atomic E-state index is 13.5. The van der Waals surface area contributed by atoms with E-state index in [2.05, 4.69) is 61.5 Å². The van der Waals surface area contributed by atoms with Crippen molar-refractivity contribution < 1.29 is 4.74 Å². The number of hydrogen-bond acceptors (Lipinski definition) is 9. The molecule has 0 bridgehead atoms. The van der Waals surface area contributed by atoms with Gasteiger partial charge in [-0.25, -0.2) is 9.67 Å². The molecule has 10 nitrogen and oxygen atoms in total. The molecule has 0 amide bonds. The first-order valence-corrected chi connectivity index (χ1v) is 14.3. The van der Waals surface area contributed by atoms with Crippen molar-refractivity contribution in [3.05, 3.63) is 75.8 Å². The lowest BCUT2D eigenvalue weighted by atomic mass is 10.0. The summed E-state index contributed by atoms with van der Waals surface area (Å²) in [6, 6.07) is 16.0. The number of piperazine rings is 1. The maximum Gasteiger partial charge on any atom is 0.253 e. The first-order chi connectivity index (χ1) is 19.1. The number of fused-ring (bicyclic) bond motifs is 2. The number of para-hydroxylation sites is 1. The molecule has 5 aromatic rings. The van der Waals surface area contributed by atoms with Crippen LogP contribution in [0.1, 0.15) is 35.8 Å². The van der Waals surface area contributed by atoms with Crippen LogP contribution >= 0.6 is 11.3 Å². The van der Waals surface area contributed by atoms with E-state index in [1.54, 1.807) is 11.3 Å². The summed E-state index contributed by atoms with van der Waals surface area (Å²) >= 11 is 1.72. The van der Waals surface area contributed by atoms with E-state index in [4.69, 9.17) is 9.72 Å². The van der Waals surface area contributed by atoms with Gasteiger partial charge in [0.15, 0.2) is 11.0 Å². The fourth-order valence-electron chi connectivity index (χ4n) is 5.73. The smallest absolute Gasteiger partial charge is 0.253 e. The predicted molar refractivity (Wildman–Crippen MR) is 151 cm³/mol. The highest BCUT2D eigenvalue weighted by Crippen LogP contribution is 2.32. The summed E-state index contributed by atoms with van der Waals surface area (Å²) in [6.45, 7) is 6.50. The number of pyridine rings is 1. The van der Waals surface area contributed by atoms with Crippen LogP contribution in [0.3, 0.4) is 0 Å². The van der Waals surface area contributed by atoms with Gasteiger partial charge in [-0.05, 0) is 65.9 Å². The Bertz CT molecular complexity index is 1650. The molecule has 39 heavy (non-hydrogen) atoms. The standard InChI is InChI=1S/C28H30N8O2S/c1-18-8-9-22-19(15-18)16-21(27(37)29-22)25(26-31-32-33-36(26)17-20-5-4-14-38-20)34-10-12-35(13-11-34)28-30-23-6-2-3-7-24(23)39-28/h2-3,6-9,15-16,20,25H,4-5,10-14,17H2,1H3,(H,29,37)/t20-,25+/m1/s1. The van der Waals surface area contributed by atoms with E-state index in [9.17, 15) is 4.79 Å². The number of rotatable bonds is 6. The third-order valence-corrected chi connectivity index (χ3v) is 8.86. The van der Waals surface area contributed by atoms with E-state index >= 15 is 0 Å². The normalized spacial score (nSPS) is 19.3. The van der Waals surface area contributed by atoms with Crippen LogP contribution < -0.4 is 10.5 Å². The Morgan fingerprint density at radius 1 is 1.13 bits per heavy atom. The minimum Gasteiger partial charge on any atom is -0.376 e. The molecule has 3 aromatic heterocycles. The Balaban J connectivity index is 1.23. The van der Waals surface area contributed by atoms with Crippen molar-refractivity contribution in [1.82, 2.24) is 35.1 Å². The van der Waals surface area contributed by atoms with Gasteiger partial charge in [0.25, 0.3) is 5.56 Å². The van der Waals surface area contributed by atoms with Crippen LogP contribution in [0.15, 0.2) is 53.3 Å². The lowest BCUT2D eigenvalue weighted by Gasteiger charge is -2.38. The van der Waals surface area contributed by atoms with Crippen LogP contribution in [0.4, 0.5) is 5.13 Å². The van der Waals surface area contributed by atoms with Crippen molar-refractivity contribution in [2.45, 2.75) is 38.5 Å². The number of aromatic nitrogens is 6. The monoisotopic (exact) mass is 542 g/mol. The van der Waals surface area contributed by atoms with Crippen molar-refractivity contribution in [2.24, 2.45) is 0 Å². The SMILES string of the molecule is Cc1ccc2[nH]c(=O)c([C@@H](c3nnnn3C[C@H]3CCCO3)N3CCN(c4nc5ccccc5s4)CC3)cc2c1. The molecule has 0 radical (unpaired) electrons. The minimum atomic E-state index is -0.382. The second-order valence-corrected chi connectivity index (χ2v) is 11.4. The lowest BCUT2D eigenvalue weighted by Crippen LogP contribution is -2.49. The van der Waals surface area contributed by atoms with Gasteiger partial charge >= 0.3 is 0 Å². The lowest BCUT2D eigenvalue weighted by molar-refractivity contribution is 0.0906.